The number of carbonyl (C=O) groups excluding carboxylic acids is 1. The van der Waals surface area contributed by atoms with Gasteiger partial charge in [0.2, 0.25) is 0 Å². The summed E-state index contributed by atoms with van der Waals surface area (Å²) in [5.41, 5.74) is 1.51. The Labute approximate surface area is 159 Å². The number of carbonyl (C=O) groups is 1. The van der Waals surface area contributed by atoms with Crippen molar-refractivity contribution in [3.8, 4) is 17.2 Å². The number of likely N-dealkylation sites (tertiary alicyclic amines) is 1. The van der Waals surface area contributed by atoms with Gasteiger partial charge in [-0.3, -0.25) is 4.79 Å². The largest absolute Gasteiger partial charge is 0.497 e. The summed E-state index contributed by atoms with van der Waals surface area (Å²) in [7, 11) is 4.72. The Kier molecular flexibility index (Phi) is 5.86. The van der Waals surface area contributed by atoms with Crippen LogP contribution in [0.1, 0.15) is 28.3 Å². The second-order valence-corrected chi connectivity index (χ2v) is 6.59. The van der Waals surface area contributed by atoms with Crippen molar-refractivity contribution < 1.29 is 24.1 Å². The van der Waals surface area contributed by atoms with Crippen LogP contribution < -0.4 is 14.2 Å². The first-order valence-electron chi connectivity index (χ1n) is 8.90. The maximum Gasteiger partial charge on any atom is 0.254 e. The van der Waals surface area contributed by atoms with Gasteiger partial charge in [-0.25, -0.2) is 0 Å². The number of nitrogens with zero attached hydrogens (tertiary/aromatic N) is 1. The molecule has 0 aliphatic carbocycles. The minimum atomic E-state index is -0.637. The van der Waals surface area contributed by atoms with Gasteiger partial charge in [0, 0.05) is 30.6 Å². The Morgan fingerprint density at radius 3 is 2.26 bits per heavy atom. The Bertz CT molecular complexity index is 785. The van der Waals surface area contributed by atoms with Gasteiger partial charge in [-0.05, 0) is 36.2 Å². The van der Waals surface area contributed by atoms with Crippen LogP contribution in [0.2, 0.25) is 0 Å². The fraction of sp³-hybridized carbons (Fsp3) is 0.381. The predicted molar refractivity (Wildman–Crippen MR) is 102 cm³/mol. The lowest BCUT2D eigenvalue weighted by molar-refractivity contribution is 0.0381. The van der Waals surface area contributed by atoms with Gasteiger partial charge in [0.1, 0.15) is 17.2 Å². The maximum absolute atomic E-state index is 12.9. The highest BCUT2D eigenvalue weighted by Crippen LogP contribution is 2.32. The van der Waals surface area contributed by atoms with Crippen molar-refractivity contribution >= 4 is 5.91 Å². The monoisotopic (exact) mass is 371 g/mol. The number of piperidine rings is 1. The number of β-amino-alcohol motifs (C(OH)–C–C–N with tert-alkyl or cyclic N) is 1. The summed E-state index contributed by atoms with van der Waals surface area (Å²) in [5.74, 6) is 1.72. The van der Waals surface area contributed by atoms with E-state index in [4.69, 9.17) is 14.2 Å². The van der Waals surface area contributed by atoms with Gasteiger partial charge in [-0.2, -0.15) is 0 Å². The number of amides is 1. The zero-order valence-corrected chi connectivity index (χ0v) is 15.8. The zero-order valence-electron chi connectivity index (χ0n) is 15.8. The van der Waals surface area contributed by atoms with E-state index in [0.29, 0.717) is 30.0 Å². The molecule has 2 atom stereocenters. The average Bonchev–Trinajstić information content (AvgIpc) is 2.72. The molecule has 6 nitrogen and oxygen atoms in total. The van der Waals surface area contributed by atoms with Crippen molar-refractivity contribution in [1.82, 2.24) is 4.90 Å². The number of ether oxygens (including phenoxy) is 3. The summed E-state index contributed by atoms with van der Waals surface area (Å²) in [6.07, 6.45) is 0.0450. The Morgan fingerprint density at radius 1 is 1.00 bits per heavy atom. The molecule has 0 saturated carbocycles. The van der Waals surface area contributed by atoms with E-state index in [1.54, 1.807) is 44.4 Å². The molecule has 1 N–H and O–H groups in total. The second kappa shape index (κ2) is 8.31. The predicted octanol–water partition coefficient (Wildman–Crippen LogP) is 2.70. The van der Waals surface area contributed by atoms with E-state index in [1.165, 1.54) is 0 Å². The first kappa shape index (κ1) is 19.0. The normalized spacial score (nSPS) is 19.5. The number of methoxy groups -OCH3 is 3. The van der Waals surface area contributed by atoms with E-state index in [9.17, 15) is 9.90 Å². The Hall–Kier alpha value is -2.73. The number of hydrogen-bond acceptors (Lipinski definition) is 5. The van der Waals surface area contributed by atoms with Gasteiger partial charge in [-0.1, -0.05) is 12.1 Å². The van der Waals surface area contributed by atoms with Gasteiger partial charge in [0.25, 0.3) is 5.91 Å². The quantitative estimate of drug-likeness (QED) is 0.875. The van der Waals surface area contributed by atoms with Crippen LogP contribution in [0.5, 0.6) is 17.2 Å². The molecule has 1 aliphatic heterocycles. The third-order valence-electron chi connectivity index (χ3n) is 4.99. The first-order valence-corrected chi connectivity index (χ1v) is 8.90. The molecule has 2 aromatic rings. The summed E-state index contributed by atoms with van der Waals surface area (Å²) in [5, 5.41) is 10.7. The van der Waals surface area contributed by atoms with Gasteiger partial charge < -0.3 is 24.2 Å². The summed E-state index contributed by atoms with van der Waals surface area (Å²) < 4.78 is 15.8. The summed E-state index contributed by atoms with van der Waals surface area (Å²) in [6, 6.07) is 12.8. The fourth-order valence-electron chi connectivity index (χ4n) is 3.49. The highest BCUT2D eigenvalue weighted by Gasteiger charge is 2.32. The molecule has 3 rings (SSSR count). The molecule has 6 heteroatoms. The number of aliphatic hydroxyl groups is 1. The van der Waals surface area contributed by atoms with Crippen molar-refractivity contribution in [2.75, 3.05) is 34.4 Å². The van der Waals surface area contributed by atoms with Crippen LogP contribution in [0.25, 0.3) is 0 Å². The van der Waals surface area contributed by atoms with Crippen molar-refractivity contribution in [1.29, 1.82) is 0 Å². The molecule has 2 aromatic carbocycles. The average molecular weight is 371 g/mol. The van der Waals surface area contributed by atoms with Crippen molar-refractivity contribution in [2.45, 2.75) is 18.4 Å². The highest BCUT2D eigenvalue weighted by atomic mass is 16.5. The van der Waals surface area contributed by atoms with Crippen LogP contribution in [0.15, 0.2) is 42.5 Å². The fourth-order valence-corrected chi connectivity index (χ4v) is 3.49. The van der Waals surface area contributed by atoms with Gasteiger partial charge in [-0.15, -0.1) is 0 Å². The smallest absolute Gasteiger partial charge is 0.254 e. The third-order valence-corrected chi connectivity index (χ3v) is 4.99. The lowest BCUT2D eigenvalue weighted by atomic mass is 9.86. The second-order valence-electron chi connectivity index (χ2n) is 6.59. The van der Waals surface area contributed by atoms with Gasteiger partial charge in [0.05, 0.1) is 27.4 Å². The molecule has 0 aromatic heterocycles. The zero-order chi connectivity index (χ0) is 19.4. The molecule has 27 heavy (non-hydrogen) atoms. The number of rotatable bonds is 5. The van der Waals surface area contributed by atoms with Crippen molar-refractivity contribution in [2.24, 2.45) is 0 Å². The van der Waals surface area contributed by atoms with Crippen molar-refractivity contribution in [3.05, 3.63) is 53.6 Å². The van der Waals surface area contributed by atoms with Crippen LogP contribution in [-0.2, 0) is 0 Å². The molecular formula is C21H25NO5. The van der Waals surface area contributed by atoms with E-state index in [-0.39, 0.29) is 18.4 Å². The molecule has 1 saturated heterocycles. The topological polar surface area (TPSA) is 68.2 Å². The molecule has 1 amide bonds. The van der Waals surface area contributed by atoms with Crippen molar-refractivity contribution in [3.63, 3.8) is 0 Å². The van der Waals surface area contributed by atoms with E-state index >= 15 is 0 Å². The van der Waals surface area contributed by atoms with E-state index in [2.05, 4.69) is 0 Å². The molecule has 0 spiro atoms. The molecular weight excluding hydrogens is 346 g/mol. The van der Waals surface area contributed by atoms with Crippen LogP contribution in [0.3, 0.4) is 0 Å². The summed E-state index contributed by atoms with van der Waals surface area (Å²) in [6.45, 7) is 0.845. The van der Waals surface area contributed by atoms with E-state index in [1.807, 2.05) is 24.3 Å². The SMILES string of the molecule is COc1cc(OC)cc(C(=O)N2CCC(c3cccc(OC)c3)C(O)C2)c1. The molecule has 1 heterocycles. The molecule has 2 unspecified atom stereocenters. The lowest BCUT2D eigenvalue weighted by Crippen LogP contribution is -2.45. The maximum atomic E-state index is 12.9. The molecule has 144 valence electrons. The van der Waals surface area contributed by atoms with E-state index < -0.39 is 6.10 Å². The van der Waals surface area contributed by atoms with Gasteiger partial charge in [0.15, 0.2) is 0 Å². The highest BCUT2D eigenvalue weighted by molar-refractivity contribution is 5.95. The Morgan fingerprint density at radius 2 is 1.67 bits per heavy atom. The minimum Gasteiger partial charge on any atom is -0.497 e. The molecule has 0 radical (unpaired) electrons. The summed E-state index contributed by atoms with van der Waals surface area (Å²) in [4.78, 5) is 14.6. The van der Waals surface area contributed by atoms with Crippen LogP contribution in [0.4, 0.5) is 0 Å². The Balaban J connectivity index is 1.74. The van der Waals surface area contributed by atoms with Gasteiger partial charge >= 0.3 is 0 Å². The lowest BCUT2D eigenvalue weighted by Gasteiger charge is -2.36. The number of benzene rings is 2. The summed E-state index contributed by atoms with van der Waals surface area (Å²) >= 11 is 0. The van der Waals surface area contributed by atoms with Crippen LogP contribution >= 0.6 is 0 Å². The minimum absolute atomic E-state index is 0.0241. The standard InChI is InChI=1S/C21H25NO5/c1-25-16-6-4-5-14(9-16)19-7-8-22(13-20(19)23)21(24)15-10-17(26-2)12-18(11-15)27-3/h4-6,9-12,19-20,23H,7-8,13H2,1-3H3. The first-order chi connectivity index (χ1) is 13.0. The molecule has 1 aliphatic rings. The van der Waals surface area contributed by atoms with Crippen LogP contribution in [0, 0.1) is 0 Å². The molecule has 0 bridgehead atoms. The number of aliphatic hydroxyl groups excluding tert-OH is 1. The molecule has 1 fully saturated rings. The number of hydrogen-bond donors (Lipinski definition) is 1. The van der Waals surface area contributed by atoms with E-state index in [0.717, 1.165) is 11.3 Å². The van der Waals surface area contributed by atoms with Crippen LogP contribution in [-0.4, -0.2) is 56.4 Å². The third kappa shape index (κ3) is 4.17.